The van der Waals surface area contributed by atoms with Crippen molar-refractivity contribution in [2.75, 3.05) is 6.54 Å². The van der Waals surface area contributed by atoms with Gasteiger partial charge in [0.05, 0.1) is 0 Å². The van der Waals surface area contributed by atoms with Gasteiger partial charge in [0.15, 0.2) is 0 Å². The smallest absolute Gasteiger partial charge is 0.115 e. The molecule has 0 bridgehead atoms. The SMILES string of the molecule is C/C(=C/N)CN.Cc1ccc(O)cc1. The zero-order valence-electron chi connectivity index (χ0n) is 8.70. The summed E-state index contributed by atoms with van der Waals surface area (Å²) in [7, 11) is 0. The Hall–Kier alpha value is -1.48. The number of phenols is 1. The average molecular weight is 194 g/mol. The molecule has 3 nitrogen and oxygen atoms in total. The third-order valence-electron chi connectivity index (χ3n) is 1.64. The Labute approximate surface area is 85.0 Å². The van der Waals surface area contributed by atoms with Crippen molar-refractivity contribution in [1.82, 2.24) is 0 Å². The summed E-state index contributed by atoms with van der Waals surface area (Å²) < 4.78 is 0. The lowest BCUT2D eigenvalue weighted by atomic mass is 10.2. The normalized spacial score (nSPS) is 10.4. The molecular weight excluding hydrogens is 176 g/mol. The molecule has 1 aromatic carbocycles. The summed E-state index contributed by atoms with van der Waals surface area (Å²) in [6.45, 7) is 4.44. The third-order valence-corrected chi connectivity index (χ3v) is 1.64. The monoisotopic (exact) mass is 194 g/mol. The molecule has 0 spiro atoms. The number of hydrogen-bond donors (Lipinski definition) is 3. The first-order valence-electron chi connectivity index (χ1n) is 4.43. The molecule has 0 aliphatic rings. The topological polar surface area (TPSA) is 72.3 Å². The molecule has 0 heterocycles. The van der Waals surface area contributed by atoms with Crippen LogP contribution in [-0.2, 0) is 0 Å². The van der Waals surface area contributed by atoms with E-state index in [9.17, 15) is 0 Å². The summed E-state index contributed by atoms with van der Waals surface area (Å²) in [4.78, 5) is 0. The molecule has 1 rings (SSSR count). The van der Waals surface area contributed by atoms with Gasteiger partial charge < -0.3 is 16.6 Å². The van der Waals surface area contributed by atoms with Crippen molar-refractivity contribution in [2.45, 2.75) is 13.8 Å². The van der Waals surface area contributed by atoms with Crippen LogP contribution in [0.15, 0.2) is 36.0 Å². The van der Waals surface area contributed by atoms with Crippen LogP contribution in [0.5, 0.6) is 5.75 Å². The lowest BCUT2D eigenvalue weighted by Gasteiger charge is -1.89. The number of hydrogen-bond acceptors (Lipinski definition) is 3. The molecule has 0 aliphatic heterocycles. The minimum absolute atomic E-state index is 0.329. The van der Waals surface area contributed by atoms with Gasteiger partial charge >= 0.3 is 0 Å². The highest BCUT2D eigenvalue weighted by Crippen LogP contribution is 2.07. The van der Waals surface area contributed by atoms with E-state index < -0.39 is 0 Å². The van der Waals surface area contributed by atoms with Gasteiger partial charge in [0, 0.05) is 6.54 Å². The number of nitrogens with two attached hydrogens (primary N) is 2. The summed E-state index contributed by atoms with van der Waals surface area (Å²) in [6, 6.07) is 7.09. The molecule has 1 aromatic rings. The molecule has 0 atom stereocenters. The lowest BCUT2D eigenvalue weighted by molar-refractivity contribution is 0.475. The van der Waals surface area contributed by atoms with Crippen LogP contribution in [0.25, 0.3) is 0 Å². The fourth-order valence-corrected chi connectivity index (χ4v) is 0.613. The number of benzene rings is 1. The summed E-state index contributed by atoms with van der Waals surface area (Å²) in [5, 5.41) is 8.76. The van der Waals surface area contributed by atoms with E-state index in [0.717, 1.165) is 5.57 Å². The lowest BCUT2D eigenvalue weighted by Crippen LogP contribution is -2.01. The van der Waals surface area contributed by atoms with Crippen LogP contribution in [0.1, 0.15) is 12.5 Å². The molecule has 0 aliphatic carbocycles. The number of aromatic hydroxyl groups is 1. The molecule has 0 fully saturated rings. The summed E-state index contributed by atoms with van der Waals surface area (Å²) in [6.07, 6.45) is 1.51. The van der Waals surface area contributed by atoms with Gasteiger partial charge in [-0.2, -0.15) is 0 Å². The molecule has 14 heavy (non-hydrogen) atoms. The van der Waals surface area contributed by atoms with E-state index in [4.69, 9.17) is 16.6 Å². The predicted molar refractivity (Wildman–Crippen MR) is 59.8 cm³/mol. The Morgan fingerprint density at radius 2 is 1.86 bits per heavy atom. The predicted octanol–water partition coefficient (Wildman–Crippen LogP) is 1.51. The van der Waals surface area contributed by atoms with Crippen LogP contribution in [0.4, 0.5) is 0 Å². The number of phenolic OH excluding ortho intramolecular Hbond substituents is 1. The van der Waals surface area contributed by atoms with E-state index in [0.29, 0.717) is 12.3 Å². The molecule has 0 amide bonds. The van der Waals surface area contributed by atoms with Crippen LogP contribution in [0.3, 0.4) is 0 Å². The second kappa shape index (κ2) is 6.97. The van der Waals surface area contributed by atoms with Crippen LogP contribution in [0, 0.1) is 6.92 Å². The highest BCUT2D eigenvalue weighted by molar-refractivity contribution is 5.24. The van der Waals surface area contributed by atoms with E-state index >= 15 is 0 Å². The van der Waals surface area contributed by atoms with Gasteiger partial charge in [-0.05, 0) is 37.8 Å². The third kappa shape index (κ3) is 6.08. The van der Waals surface area contributed by atoms with Gasteiger partial charge in [0.1, 0.15) is 5.75 Å². The van der Waals surface area contributed by atoms with E-state index in [1.807, 2.05) is 26.0 Å². The van der Waals surface area contributed by atoms with Crippen LogP contribution >= 0.6 is 0 Å². The van der Waals surface area contributed by atoms with Crippen LogP contribution < -0.4 is 11.5 Å². The second-order valence-corrected chi connectivity index (χ2v) is 3.05. The minimum Gasteiger partial charge on any atom is -0.508 e. The molecule has 0 unspecified atom stereocenters. The van der Waals surface area contributed by atoms with Crippen molar-refractivity contribution < 1.29 is 5.11 Å². The summed E-state index contributed by atoms with van der Waals surface area (Å²) in [5.41, 5.74) is 12.4. The molecule has 0 saturated carbocycles. The Morgan fingerprint density at radius 1 is 1.36 bits per heavy atom. The number of rotatable bonds is 1. The first-order chi connectivity index (χ1) is 6.60. The largest absolute Gasteiger partial charge is 0.508 e. The van der Waals surface area contributed by atoms with Crippen molar-refractivity contribution in [2.24, 2.45) is 11.5 Å². The highest BCUT2D eigenvalue weighted by atomic mass is 16.3. The summed E-state index contributed by atoms with van der Waals surface area (Å²) >= 11 is 0. The van der Waals surface area contributed by atoms with E-state index in [2.05, 4.69) is 0 Å². The van der Waals surface area contributed by atoms with Crippen molar-refractivity contribution in [1.29, 1.82) is 0 Å². The molecule has 0 saturated heterocycles. The van der Waals surface area contributed by atoms with Crippen molar-refractivity contribution in [3.05, 3.63) is 41.6 Å². The zero-order chi connectivity index (χ0) is 11.0. The van der Waals surface area contributed by atoms with E-state index in [1.165, 1.54) is 11.8 Å². The van der Waals surface area contributed by atoms with Gasteiger partial charge in [-0.1, -0.05) is 17.7 Å². The highest BCUT2D eigenvalue weighted by Gasteiger charge is 1.82. The van der Waals surface area contributed by atoms with Crippen LogP contribution in [-0.4, -0.2) is 11.7 Å². The zero-order valence-corrected chi connectivity index (χ0v) is 8.70. The van der Waals surface area contributed by atoms with E-state index in [1.54, 1.807) is 12.1 Å². The standard InChI is InChI=1S/C7H8O.C4H10N2/c1-6-2-4-7(8)5-3-6;1-4(2-5)3-6/h2-5,8H,1H3;2H,3,5-6H2,1H3/b;4-2-. The maximum Gasteiger partial charge on any atom is 0.115 e. The van der Waals surface area contributed by atoms with E-state index in [-0.39, 0.29) is 0 Å². The Bertz CT molecular complexity index is 257. The fourth-order valence-electron chi connectivity index (χ4n) is 0.613. The fraction of sp³-hybridized carbons (Fsp3) is 0.273. The molecule has 3 heteroatoms. The number of aryl methyl sites for hydroxylation is 1. The quantitative estimate of drug-likeness (QED) is 0.634. The van der Waals surface area contributed by atoms with Gasteiger partial charge in [0.25, 0.3) is 0 Å². The molecular formula is C11H18N2O. The van der Waals surface area contributed by atoms with Crippen LogP contribution in [0.2, 0.25) is 0 Å². The van der Waals surface area contributed by atoms with Gasteiger partial charge in [-0.3, -0.25) is 0 Å². The molecule has 5 N–H and O–H groups in total. The van der Waals surface area contributed by atoms with Gasteiger partial charge in [0.2, 0.25) is 0 Å². The molecule has 0 aromatic heterocycles. The van der Waals surface area contributed by atoms with Gasteiger partial charge in [-0.25, -0.2) is 0 Å². The minimum atomic E-state index is 0.329. The Kier molecular flexibility index (Phi) is 6.24. The maximum absolute atomic E-state index is 8.76. The second-order valence-electron chi connectivity index (χ2n) is 3.05. The Morgan fingerprint density at radius 3 is 2.07 bits per heavy atom. The molecule has 78 valence electrons. The first-order valence-corrected chi connectivity index (χ1v) is 4.43. The van der Waals surface area contributed by atoms with Crippen molar-refractivity contribution in [3.63, 3.8) is 0 Å². The first kappa shape index (κ1) is 12.5. The summed E-state index contributed by atoms with van der Waals surface area (Å²) in [5.74, 6) is 0.329. The Balaban J connectivity index is 0.000000255. The maximum atomic E-state index is 8.76. The van der Waals surface area contributed by atoms with Crippen molar-refractivity contribution in [3.8, 4) is 5.75 Å². The average Bonchev–Trinajstić information content (AvgIpc) is 2.22. The van der Waals surface area contributed by atoms with Gasteiger partial charge in [-0.15, -0.1) is 0 Å². The van der Waals surface area contributed by atoms with Crippen molar-refractivity contribution >= 4 is 0 Å². The molecule has 0 radical (unpaired) electrons.